The number of halogens is 2. The van der Waals surface area contributed by atoms with Crippen LogP contribution in [0.15, 0.2) is 24.5 Å². The zero-order chi connectivity index (χ0) is 12.1. The van der Waals surface area contributed by atoms with Crippen LogP contribution < -0.4 is 11.1 Å². The summed E-state index contributed by atoms with van der Waals surface area (Å²) in [5.41, 5.74) is 7.03. The molecule has 4 nitrogen and oxygen atoms in total. The maximum absolute atomic E-state index is 11.8. The molecule has 0 saturated heterocycles. The first-order valence-corrected chi connectivity index (χ1v) is 6.19. The highest BCUT2D eigenvalue weighted by Crippen LogP contribution is 2.23. The van der Waals surface area contributed by atoms with Crippen molar-refractivity contribution >= 4 is 30.7 Å². The number of hydrogen-bond acceptors (Lipinski definition) is 3. The summed E-state index contributed by atoms with van der Waals surface area (Å²) in [4.78, 5) is 15.9. The fraction of sp³-hybridized carbons (Fsp3) is 0.538. The Labute approximate surface area is 126 Å². The molecule has 1 aliphatic carbocycles. The van der Waals surface area contributed by atoms with Gasteiger partial charge in [-0.1, -0.05) is 12.5 Å². The zero-order valence-corrected chi connectivity index (χ0v) is 12.4. The van der Waals surface area contributed by atoms with Gasteiger partial charge < -0.3 is 11.1 Å². The van der Waals surface area contributed by atoms with Gasteiger partial charge in [-0.3, -0.25) is 9.78 Å². The molecule has 0 spiro atoms. The minimum absolute atomic E-state index is 0. The summed E-state index contributed by atoms with van der Waals surface area (Å²) in [5, 5.41) is 2.96. The van der Waals surface area contributed by atoms with Gasteiger partial charge in [0.15, 0.2) is 0 Å². The predicted molar refractivity (Wildman–Crippen MR) is 80.8 cm³/mol. The molecular formula is C13H21Cl2N3O. The second kappa shape index (κ2) is 9.13. The Morgan fingerprint density at radius 1 is 1.42 bits per heavy atom. The second-order valence-electron chi connectivity index (χ2n) is 4.60. The lowest BCUT2D eigenvalue weighted by atomic mass is 10.0. The van der Waals surface area contributed by atoms with Crippen LogP contribution in [-0.4, -0.2) is 23.5 Å². The Morgan fingerprint density at radius 3 is 2.79 bits per heavy atom. The van der Waals surface area contributed by atoms with E-state index in [4.69, 9.17) is 5.73 Å². The monoisotopic (exact) mass is 305 g/mol. The molecule has 1 aromatic heterocycles. The number of carbonyl (C=O) groups is 1. The van der Waals surface area contributed by atoms with Crippen molar-refractivity contribution in [2.75, 3.05) is 6.54 Å². The lowest BCUT2D eigenvalue weighted by Gasteiger charge is -2.14. The number of nitrogens with zero attached hydrogens (tertiary/aromatic N) is 1. The maximum atomic E-state index is 11.8. The molecule has 0 aromatic carbocycles. The summed E-state index contributed by atoms with van der Waals surface area (Å²) in [6.07, 6.45) is 7.37. The van der Waals surface area contributed by atoms with Crippen LogP contribution in [0.5, 0.6) is 0 Å². The Morgan fingerprint density at radius 2 is 2.21 bits per heavy atom. The van der Waals surface area contributed by atoms with Crippen LogP contribution in [0.4, 0.5) is 0 Å². The molecule has 2 atom stereocenters. The van der Waals surface area contributed by atoms with Crippen molar-refractivity contribution in [3.63, 3.8) is 0 Å². The Hall–Kier alpha value is -0.840. The first kappa shape index (κ1) is 18.2. The van der Waals surface area contributed by atoms with Crippen molar-refractivity contribution in [1.82, 2.24) is 10.3 Å². The van der Waals surface area contributed by atoms with Crippen molar-refractivity contribution in [2.45, 2.75) is 31.7 Å². The number of carbonyl (C=O) groups excluding carboxylic acids is 1. The molecule has 1 aromatic rings. The van der Waals surface area contributed by atoms with Gasteiger partial charge in [0.2, 0.25) is 5.91 Å². The van der Waals surface area contributed by atoms with Gasteiger partial charge in [-0.05, 0) is 30.9 Å². The van der Waals surface area contributed by atoms with E-state index >= 15 is 0 Å². The van der Waals surface area contributed by atoms with E-state index in [9.17, 15) is 4.79 Å². The number of aromatic nitrogens is 1. The van der Waals surface area contributed by atoms with Crippen LogP contribution in [0.25, 0.3) is 0 Å². The van der Waals surface area contributed by atoms with Gasteiger partial charge >= 0.3 is 0 Å². The molecular weight excluding hydrogens is 285 g/mol. The highest BCUT2D eigenvalue weighted by atomic mass is 35.5. The molecule has 19 heavy (non-hydrogen) atoms. The average molecular weight is 306 g/mol. The highest BCUT2D eigenvalue weighted by molar-refractivity contribution is 5.85. The number of amides is 1. The van der Waals surface area contributed by atoms with Gasteiger partial charge in [-0.15, -0.1) is 24.8 Å². The molecule has 6 heteroatoms. The van der Waals surface area contributed by atoms with Crippen LogP contribution in [0.3, 0.4) is 0 Å². The largest absolute Gasteiger partial charge is 0.355 e. The lowest BCUT2D eigenvalue weighted by molar-refractivity contribution is -0.125. The van der Waals surface area contributed by atoms with Gasteiger partial charge in [-0.2, -0.15) is 0 Å². The molecule has 1 aliphatic rings. The van der Waals surface area contributed by atoms with Gasteiger partial charge in [0.1, 0.15) is 0 Å². The third kappa shape index (κ3) is 5.35. The summed E-state index contributed by atoms with van der Waals surface area (Å²) in [7, 11) is 0. The average Bonchev–Trinajstić information content (AvgIpc) is 2.77. The van der Waals surface area contributed by atoms with Gasteiger partial charge in [-0.25, -0.2) is 0 Å². The normalized spacial score (nSPS) is 21.1. The topological polar surface area (TPSA) is 68.0 Å². The minimum atomic E-state index is 0. The quantitative estimate of drug-likeness (QED) is 0.890. The van der Waals surface area contributed by atoms with Crippen molar-refractivity contribution in [1.29, 1.82) is 0 Å². The molecule has 2 unspecified atom stereocenters. The SMILES string of the molecule is Cl.Cl.NC1CCCC1C(=O)NCCc1cccnc1. The van der Waals surface area contributed by atoms with Gasteiger partial charge in [0.05, 0.1) is 5.92 Å². The first-order valence-electron chi connectivity index (χ1n) is 6.19. The standard InChI is InChI=1S/C13H19N3O.2ClH/c14-12-5-1-4-11(12)13(17)16-8-6-10-3-2-7-15-9-10;;/h2-3,7,9,11-12H,1,4-6,8,14H2,(H,16,17);2*1H. The van der Waals surface area contributed by atoms with E-state index in [0.29, 0.717) is 6.54 Å². The molecule has 1 amide bonds. The van der Waals surface area contributed by atoms with Crippen molar-refractivity contribution in [3.05, 3.63) is 30.1 Å². The summed E-state index contributed by atoms with van der Waals surface area (Å²) in [6, 6.07) is 3.97. The Bertz CT molecular complexity index is 375. The molecule has 2 rings (SSSR count). The maximum Gasteiger partial charge on any atom is 0.224 e. The van der Waals surface area contributed by atoms with Crippen LogP contribution >= 0.6 is 24.8 Å². The van der Waals surface area contributed by atoms with Gasteiger partial charge in [0.25, 0.3) is 0 Å². The van der Waals surface area contributed by atoms with Gasteiger partial charge in [0, 0.05) is 25.0 Å². The minimum Gasteiger partial charge on any atom is -0.355 e. The fourth-order valence-corrected chi connectivity index (χ4v) is 2.32. The van der Waals surface area contributed by atoms with E-state index < -0.39 is 0 Å². The van der Waals surface area contributed by atoms with E-state index in [1.54, 1.807) is 6.20 Å². The van der Waals surface area contributed by atoms with Crippen molar-refractivity contribution in [3.8, 4) is 0 Å². The van der Waals surface area contributed by atoms with Crippen LogP contribution in [0.1, 0.15) is 24.8 Å². The molecule has 108 valence electrons. The number of nitrogens with one attached hydrogen (secondary N) is 1. The number of rotatable bonds is 4. The van der Waals surface area contributed by atoms with Crippen LogP contribution in [0, 0.1) is 5.92 Å². The van der Waals surface area contributed by atoms with E-state index in [1.165, 1.54) is 0 Å². The summed E-state index contributed by atoms with van der Waals surface area (Å²) in [5.74, 6) is 0.128. The summed E-state index contributed by atoms with van der Waals surface area (Å²) in [6.45, 7) is 0.660. The third-order valence-electron chi connectivity index (χ3n) is 3.34. The lowest BCUT2D eigenvalue weighted by Crippen LogP contribution is -2.39. The number of pyridine rings is 1. The number of hydrogen-bond donors (Lipinski definition) is 2. The Balaban J connectivity index is 0.00000162. The van der Waals surface area contributed by atoms with E-state index in [-0.39, 0.29) is 42.7 Å². The van der Waals surface area contributed by atoms with Crippen LogP contribution in [-0.2, 0) is 11.2 Å². The van der Waals surface area contributed by atoms with E-state index in [2.05, 4.69) is 10.3 Å². The number of nitrogens with two attached hydrogens (primary N) is 1. The van der Waals surface area contributed by atoms with Crippen molar-refractivity contribution in [2.24, 2.45) is 11.7 Å². The molecule has 1 saturated carbocycles. The molecule has 1 heterocycles. The molecule has 0 aliphatic heterocycles. The third-order valence-corrected chi connectivity index (χ3v) is 3.34. The summed E-state index contributed by atoms with van der Waals surface area (Å²) < 4.78 is 0. The highest BCUT2D eigenvalue weighted by Gasteiger charge is 2.29. The molecule has 0 radical (unpaired) electrons. The first-order chi connectivity index (χ1) is 8.27. The van der Waals surface area contributed by atoms with E-state index in [1.807, 2.05) is 18.3 Å². The van der Waals surface area contributed by atoms with Crippen molar-refractivity contribution < 1.29 is 4.79 Å². The van der Waals surface area contributed by atoms with E-state index in [0.717, 1.165) is 31.2 Å². The summed E-state index contributed by atoms with van der Waals surface area (Å²) >= 11 is 0. The molecule has 0 bridgehead atoms. The predicted octanol–water partition coefficient (Wildman–Crippen LogP) is 1.71. The smallest absolute Gasteiger partial charge is 0.224 e. The molecule has 3 N–H and O–H groups in total. The molecule has 1 fully saturated rings. The van der Waals surface area contributed by atoms with Crippen LogP contribution in [0.2, 0.25) is 0 Å². The Kier molecular flexibility index (Phi) is 8.72. The second-order valence-corrected chi connectivity index (χ2v) is 4.60. The fourth-order valence-electron chi connectivity index (χ4n) is 2.32. The zero-order valence-electron chi connectivity index (χ0n) is 10.7.